The van der Waals surface area contributed by atoms with Crippen LogP contribution in [0.15, 0.2) is 24.5 Å². The summed E-state index contributed by atoms with van der Waals surface area (Å²) in [5.74, 6) is 0.0898. The van der Waals surface area contributed by atoms with Gasteiger partial charge in [-0.25, -0.2) is 8.42 Å². The van der Waals surface area contributed by atoms with E-state index in [0.29, 0.717) is 13.1 Å². The van der Waals surface area contributed by atoms with Gasteiger partial charge in [0.05, 0.1) is 12.7 Å². The van der Waals surface area contributed by atoms with Gasteiger partial charge in [-0.2, -0.15) is 4.31 Å². The van der Waals surface area contributed by atoms with Crippen molar-refractivity contribution in [2.24, 2.45) is 5.92 Å². The van der Waals surface area contributed by atoms with Crippen LogP contribution in [0.1, 0.15) is 25.3 Å². The molecule has 22 heavy (non-hydrogen) atoms. The van der Waals surface area contributed by atoms with Crippen molar-refractivity contribution in [3.8, 4) is 0 Å². The van der Waals surface area contributed by atoms with Crippen LogP contribution in [0.25, 0.3) is 0 Å². The number of amides is 1. The van der Waals surface area contributed by atoms with Crippen molar-refractivity contribution in [2.75, 3.05) is 19.3 Å². The lowest BCUT2D eigenvalue weighted by molar-refractivity contribution is -0.121. The van der Waals surface area contributed by atoms with Crippen LogP contribution in [-0.4, -0.2) is 49.0 Å². The third kappa shape index (κ3) is 4.51. The first kappa shape index (κ1) is 16.9. The minimum Gasteiger partial charge on any atom is -0.351 e. The highest BCUT2D eigenvalue weighted by Crippen LogP contribution is 2.23. The van der Waals surface area contributed by atoms with Crippen LogP contribution in [0.4, 0.5) is 0 Å². The number of sulfonamides is 1. The van der Waals surface area contributed by atoms with Gasteiger partial charge in [0.15, 0.2) is 0 Å². The average molecular weight is 325 g/mol. The summed E-state index contributed by atoms with van der Waals surface area (Å²) in [5, 5.41) is 2.99. The second-order valence-electron chi connectivity index (χ2n) is 5.84. The highest BCUT2D eigenvalue weighted by molar-refractivity contribution is 7.88. The largest absolute Gasteiger partial charge is 0.351 e. The maximum absolute atomic E-state index is 12.2. The second kappa shape index (κ2) is 7.19. The molecule has 2 heterocycles. The van der Waals surface area contributed by atoms with E-state index in [9.17, 15) is 13.2 Å². The highest BCUT2D eigenvalue weighted by atomic mass is 32.2. The van der Waals surface area contributed by atoms with Gasteiger partial charge in [0.1, 0.15) is 0 Å². The topological polar surface area (TPSA) is 79.4 Å². The third-order valence-corrected chi connectivity index (χ3v) is 5.21. The summed E-state index contributed by atoms with van der Waals surface area (Å²) in [6.07, 6.45) is 6.69. The average Bonchev–Trinajstić information content (AvgIpc) is 2.83. The molecule has 1 aliphatic rings. The molecule has 0 unspecified atom stereocenters. The first-order valence-corrected chi connectivity index (χ1v) is 9.38. The van der Waals surface area contributed by atoms with Crippen molar-refractivity contribution in [1.29, 1.82) is 0 Å². The zero-order valence-electron chi connectivity index (χ0n) is 13.0. The first-order valence-electron chi connectivity index (χ1n) is 7.53. The molecule has 2 atom stereocenters. The molecule has 7 heteroatoms. The van der Waals surface area contributed by atoms with Crippen molar-refractivity contribution in [3.63, 3.8) is 0 Å². The number of carbonyl (C=O) groups excluding carboxylic acids is 1. The summed E-state index contributed by atoms with van der Waals surface area (Å²) < 4.78 is 24.9. The number of hydrogen-bond donors (Lipinski definition) is 1. The van der Waals surface area contributed by atoms with Gasteiger partial charge in [0, 0.05) is 31.5 Å². The van der Waals surface area contributed by atoms with Crippen molar-refractivity contribution in [3.05, 3.63) is 30.1 Å². The lowest BCUT2D eigenvalue weighted by Gasteiger charge is -2.19. The fraction of sp³-hybridized carbons (Fsp3) is 0.600. The van der Waals surface area contributed by atoms with E-state index in [4.69, 9.17) is 0 Å². The van der Waals surface area contributed by atoms with Crippen LogP contribution in [0.5, 0.6) is 0 Å². The highest BCUT2D eigenvalue weighted by Gasteiger charge is 2.37. The molecule has 0 radical (unpaired) electrons. The lowest BCUT2D eigenvalue weighted by Crippen LogP contribution is -2.41. The van der Waals surface area contributed by atoms with Crippen molar-refractivity contribution in [2.45, 2.75) is 32.2 Å². The Morgan fingerprint density at radius 3 is 2.82 bits per heavy atom. The predicted octanol–water partition coefficient (Wildman–Crippen LogP) is 0.800. The molecule has 1 aromatic rings. The quantitative estimate of drug-likeness (QED) is 0.839. The van der Waals surface area contributed by atoms with Crippen LogP contribution in [0, 0.1) is 5.92 Å². The Labute approximate surface area is 132 Å². The molecular weight excluding hydrogens is 302 g/mol. The molecule has 0 saturated carbocycles. The van der Waals surface area contributed by atoms with Gasteiger partial charge in [0.25, 0.3) is 0 Å². The fourth-order valence-corrected chi connectivity index (χ4v) is 3.77. The third-order valence-electron chi connectivity index (χ3n) is 3.97. The normalized spacial score (nSPS) is 22.6. The van der Waals surface area contributed by atoms with Crippen molar-refractivity contribution >= 4 is 15.9 Å². The zero-order valence-corrected chi connectivity index (χ0v) is 13.8. The molecule has 0 aliphatic carbocycles. The lowest BCUT2D eigenvalue weighted by atomic mass is 9.98. The van der Waals surface area contributed by atoms with E-state index in [-0.39, 0.29) is 24.3 Å². The number of rotatable bonds is 6. The Bertz CT molecular complexity index is 604. The molecule has 0 bridgehead atoms. The minimum atomic E-state index is -3.21. The number of nitrogens with zero attached hydrogens (tertiary/aromatic N) is 2. The van der Waals surface area contributed by atoms with Crippen molar-refractivity contribution in [1.82, 2.24) is 14.6 Å². The molecule has 2 rings (SSSR count). The standard InChI is InChI=1S/C15H23N3O3S/c1-3-5-13-10-18(22(2,20)21)11-14(13)17-15(19)8-12-6-4-7-16-9-12/h4,6-7,9,13-14H,3,5,8,10-11H2,1-2H3,(H,17,19)/t13-,14-/m0/s1. The predicted molar refractivity (Wildman–Crippen MR) is 84.7 cm³/mol. The zero-order chi connectivity index (χ0) is 16.2. The number of pyridine rings is 1. The Kier molecular flexibility index (Phi) is 5.52. The summed E-state index contributed by atoms with van der Waals surface area (Å²) in [6, 6.07) is 3.54. The minimum absolute atomic E-state index is 0.0885. The summed E-state index contributed by atoms with van der Waals surface area (Å²) in [5.41, 5.74) is 0.852. The van der Waals surface area contributed by atoms with Crippen LogP contribution in [-0.2, 0) is 21.2 Å². The van der Waals surface area contributed by atoms with E-state index in [1.54, 1.807) is 18.5 Å². The smallest absolute Gasteiger partial charge is 0.224 e. The number of nitrogens with one attached hydrogen (secondary N) is 1. The Morgan fingerprint density at radius 1 is 1.45 bits per heavy atom. The Hall–Kier alpha value is -1.47. The maximum atomic E-state index is 12.2. The van der Waals surface area contributed by atoms with Gasteiger partial charge in [-0.3, -0.25) is 9.78 Å². The second-order valence-corrected chi connectivity index (χ2v) is 7.82. The molecule has 1 N–H and O–H groups in total. The molecule has 1 aliphatic heterocycles. The van der Waals surface area contributed by atoms with Gasteiger partial charge in [-0.05, 0) is 24.0 Å². The van der Waals surface area contributed by atoms with E-state index in [1.165, 1.54) is 10.6 Å². The van der Waals surface area contributed by atoms with Gasteiger partial charge in [-0.15, -0.1) is 0 Å². The molecular formula is C15H23N3O3S. The number of hydrogen-bond acceptors (Lipinski definition) is 4. The van der Waals surface area contributed by atoms with Gasteiger partial charge in [0.2, 0.25) is 15.9 Å². The van der Waals surface area contributed by atoms with E-state index < -0.39 is 10.0 Å². The Morgan fingerprint density at radius 2 is 2.23 bits per heavy atom. The molecule has 0 aromatic carbocycles. The van der Waals surface area contributed by atoms with Gasteiger partial charge < -0.3 is 5.32 Å². The molecule has 0 spiro atoms. The maximum Gasteiger partial charge on any atom is 0.224 e. The summed E-state index contributed by atoms with van der Waals surface area (Å²) >= 11 is 0. The monoisotopic (exact) mass is 325 g/mol. The molecule has 1 aromatic heterocycles. The fourth-order valence-electron chi connectivity index (χ4n) is 2.88. The van der Waals surface area contributed by atoms with Crippen LogP contribution < -0.4 is 5.32 Å². The summed E-state index contributed by atoms with van der Waals surface area (Å²) in [7, 11) is -3.21. The van der Waals surface area contributed by atoms with E-state index >= 15 is 0 Å². The van der Waals surface area contributed by atoms with E-state index in [0.717, 1.165) is 18.4 Å². The number of carbonyl (C=O) groups is 1. The molecule has 1 saturated heterocycles. The molecule has 122 valence electrons. The SMILES string of the molecule is CCC[C@H]1CN(S(C)(=O)=O)C[C@@H]1NC(=O)Cc1cccnc1. The number of aromatic nitrogens is 1. The van der Waals surface area contributed by atoms with Crippen LogP contribution in [0.2, 0.25) is 0 Å². The molecule has 1 fully saturated rings. The van der Waals surface area contributed by atoms with Crippen LogP contribution in [0.3, 0.4) is 0 Å². The van der Waals surface area contributed by atoms with Crippen molar-refractivity contribution < 1.29 is 13.2 Å². The first-order chi connectivity index (χ1) is 10.4. The van der Waals surface area contributed by atoms with E-state index in [1.807, 2.05) is 6.07 Å². The van der Waals surface area contributed by atoms with Gasteiger partial charge >= 0.3 is 0 Å². The summed E-state index contributed by atoms with van der Waals surface area (Å²) in [4.78, 5) is 16.2. The van der Waals surface area contributed by atoms with E-state index in [2.05, 4.69) is 17.2 Å². The van der Waals surface area contributed by atoms with Gasteiger partial charge in [-0.1, -0.05) is 19.4 Å². The molecule has 1 amide bonds. The Balaban J connectivity index is 1.98. The molecule has 6 nitrogen and oxygen atoms in total. The van der Waals surface area contributed by atoms with Crippen LogP contribution >= 0.6 is 0 Å². The summed E-state index contributed by atoms with van der Waals surface area (Å²) in [6.45, 7) is 2.92.